The van der Waals surface area contributed by atoms with Gasteiger partial charge in [-0.2, -0.15) is 0 Å². The number of ether oxygens (including phenoxy) is 3. The average Bonchev–Trinajstić information content (AvgIpc) is 3.40. The lowest BCUT2D eigenvalue weighted by Gasteiger charge is -2.18. The monoisotopic (exact) mass is 1030 g/mol. The van der Waals surface area contributed by atoms with E-state index in [-0.39, 0.29) is 31.1 Å². The van der Waals surface area contributed by atoms with Crippen molar-refractivity contribution in [2.45, 2.75) is 290 Å². The van der Waals surface area contributed by atoms with Crippen molar-refractivity contribution >= 4 is 17.9 Å². The van der Waals surface area contributed by atoms with Crippen LogP contribution in [0.4, 0.5) is 0 Å². The van der Waals surface area contributed by atoms with E-state index in [9.17, 15) is 14.4 Å². The Balaban J connectivity index is 4.40. The zero-order valence-electron chi connectivity index (χ0n) is 48.3. The lowest BCUT2D eigenvalue weighted by molar-refractivity contribution is -0.167. The van der Waals surface area contributed by atoms with Crippen molar-refractivity contribution in [3.8, 4) is 0 Å². The summed E-state index contributed by atoms with van der Waals surface area (Å²) in [5.74, 6) is -0.912. The first-order valence-electron chi connectivity index (χ1n) is 30.9. The fourth-order valence-electron chi connectivity index (χ4n) is 8.42. The second-order valence-corrected chi connectivity index (χ2v) is 20.2. The Morgan fingerprint density at radius 2 is 0.527 bits per heavy atom. The number of hydrogen-bond acceptors (Lipinski definition) is 6. The van der Waals surface area contributed by atoms with Crippen molar-refractivity contribution in [3.05, 3.63) is 109 Å². The van der Waals surface area contributed by atoms with E-state index in [1.165, 1.54) is 109 Å². The van der Waals surface area contributed by atoms with Gasteiger partial charge in [0.25, 0.3) is 0 Å². The molecule has 6 nitrogen and oxygen atoms in total. The van der Waals surface area contributed by atoms with Crippen molar-refractivity contribution in [1.29, 1.82) is 0 Å². The maximum Gasteiger partial charge on any atom is 0.306 e. The van der Waals surface area contributed by atoms with Crippen molar-refractivity contribution in [2.24, 2.45) is 0 Å². The molecule has 0 radical (unpaired) electrons. The number of carbonyl (C=O) groups excluding carboxylic acids is 3. The molecule has 0 rings (SSSR count). The van der Waals surface area contributed by atoms with E-state index in [0.29, 0.717) is 19.3 Å². The molecule has 1 atom stereocenters. The Bertz CT molecular complexity index is 1510. The second-order valence-electron chi connectivity index (χ2n) is 20.2. The molecule has 6 heteroatoms. The predicted molar refractivity (Wildman–Crippen MR) is 320 cm³/mol. The molecule has 74 heavy (non-hydrogen) atoms. The number of carbonyl (C=O) groups is 3. The van der Waals surface area contributed by atoms with E-state index in [0.717, 1.165) is 135 Å². The van der Waals surface area contributed by atoms with Gasteiger partial charge in [-0.15, -0.1) is 0 Å². The number of rotatable bonds is 55. The van der Waals surface area contributed by atoms with Gasteiger partial charge >= 0.3 is 17.9 Å². The lowest BCUT2D eigenvalue weighted by atomic mass is 10.1. The Kier molecular flexibility index (Phi) is 58.3. The van der Waals surface area contributed by atoms with E-state index >= 15 is 0 Å². The molecule has 0 aromatic rings. The van der Waals surface area contributed by atoms with Crippen LogP contribution in [-0.2, 0) is 28.6 Å². The third-order valence-electron chi connectivity index (χ3n) is 13.0. The Morgan fingerprint density at radius 1 is 0.284 bits per heavy atom. The van der Waals surface area contributed by atoms with Crippen LogP contribution in [0.1, 0.15) is 284 Å². The molecule has 0 heterocycles. The summed E-state index contributed by atoms with van der Waals surface area (Å²) in [4.78, 5) is 38.3. The minimum Gasteiger partial charge on any atom is -0.462 e. The van der Waals surface area contributed by atoms with E-state index in [1.807, 2.05) is 0 Å². The SMILES string of the molecule is CC/C=C\C/C=C\C/C=C\C/C=C\CCCCCCCCCCCCC(=O)OCC(COC(=O)CCCCCCC/C=C\C/C=C\CCCCCC)OC(=O)CCCCCCCCC/C=C\C/C=C\C/C=C\CC. The van der Waals surface area contributed by atoms with Crippen LogP contribution in [0.15, 0.2) is 109 Å². The predicted octanol–water partition coefficient (Wildman–Crippen LogP) is 21.0. The van der Waals surface area contributed by atoms with Crippen LogP contribution in [0.25, 0.3) is 0 Å². The zero-order valence-corrected chi connectivity index (χ0v) is 48.3. The van der Waals surface area contributed by atoms with Gasteiger partial charge in [-0.1, -0.05) is 252 Å². The molecule has 0 aromatic carbocycles. The summed E-state index contributed by atoms with van der Waals surface area (Å²) in [6.45, 7) is 6.39. The van der Waals surface area contributed by atoms with E-state index in [4.69, 9.17) is 14.2 Å². The first kappa shape index (κ1) is 70.1. The number of unbranched alkanes of at least 4 members (excludes halogenated alkanes) is 26. The van der Waals surface area contributed by atoms with Gasteiger partial charge in [0, 0.05) is 19.3 Å². The van der Waals surface area contributed by atoms with Crippen LogP contribution in [0.3, 0.4) is 0 Å². The summed E-state index contributed by atoms with van der Waals surface area (Å²) in [5, 5.41) is 0. The molecule has 1 unspecified atom stereocenters. The highest BCUT2D eigenvalue weighted by Crippen LogP contribution is 2.15. The third kappa shape index (κ3) is 59.0. The zero-order chi connectivity index (χ0) is 53.6. The van der Waals surface area contributed by atoms with E-state index < -0.39 is 6.10 Å². The molecule has 0 amide bonds. The fraction of sp³-hybridized carbons (Fsp3) is 0.691. The summed E-state index contributed by atoms with van der Waals surface area (Å²) in [6, 6.07) is 0. The van der Waals surface area contributed by atoms with Crippen LogP contribution < -0.4 is 0 Å². The molecule has 0 saturated carbocycles. The molecule has 0 aliphatic rings. The first-order valence-corrected chi connectivity index (χ1v) is 30.9. The van der Waals surface area contributed by atoms with Crippen LogP contribution in [0.5, 0.6) is 0 Å². The van der Waals surface area contributed by atoms with Gasteiger partial charge in [0.1, 0.15) is 13.2 Å². The van der Waals surface area contributed by atoms with Gasteiger partial charge < -0.3 is 14.2 Å². The molecule has 0 fully saturated rings. The number of allylic oxidation sites excluding steroid dienone is 18. The van der Waals surface area contributed by atoms with E-state index in [2.05, 4.69) is 130 Å². The maximum absolute atomic E-state index is 12.9. The average molecular weight is 1030 g/mol. The molecule has 0 aliphatic heterocycles. The lowest BCUT2D eigenvalue weighted by Crippen LogP contribution is -2.30. The summed E-state index contributed by atoms with van der Waals surface area (Å²) >= 11 is 0. The van der Waals surface area contributed by atoms with Gasteiger partial charge in [0.2, 0.25) is 0 Å². The van der Waals surface area contributed by atoms with Crippen molar-refractivity contribution in [1.82, 2.24) is 0 Å². The van der Waals surface area contributed by atoms with Crippen LogP contribution in [0, 0.1) is 0 Å². The first-order chi connectivity index (χ1) is 36.5. The summed E-state index contributed by atoms with van der Waals surface area (Å²) in [5.41, 5.74) is 0. The van der Waals surface area contributed by atoms with E-state index in [1.54, 1.807) is 0 Å². The topological polar surface area (TPSA) is 78.9 Å². The van der Waals surface area contributed by atoms with Crippen LogP contribution in [-0.4, -0.2) is 37.2 Å². The third-order valence-corrected chi connectivity index (χ3v) is 13.0. The van der Waals surface area contributed by atoms with Crippen molar-refractivity contribution < 1.29 is 28.6 Å². The van der Waals surface area contributed by atoms with Gasteiger partial charge in [-0.05, 0) is 122 Å². The van der Waals surface area contributed by atoms with Gasteiger partial charge in [0.15, 0.2) is 6.10 Å². The highest BCUT2D eigenvalue weighted by Gasteiger charge is 2.19. The molecule has 0 N–H and O–H groups in total. The number of esters is 3. The maximum atomic E-state index is 12.9. The number of hydrogen-bond donors (Lipinski definition) is 0. The minimum absolute atomic E-state index is 0.0897. The summed E-state index contributed by atoms with van der Waals surface area (Å²) in [6.07, 6.45) is 83.7. The Morgan fingerprint density at radius 3 is 0.824 bits per heavy atom. The van der Waals surface area contributed by atoms with Crippen LogP contribution >= 0.6 is 0 Å². The van der Waals surface area contributed by atoms with Gasteiger partial charge in [-0.3, -0.25) is 14.4 Å². The summed E-state index contributed by atoms with van der Waals surface area (Å²) in [7, 11) is 0. The highest BCUT2D eigenvalue weighted by molar-refractivity contribution is 5.71. The molecule has 422 valence electrons. The standard InChI is InChI=1S/C68H114O6/c1-4-7-10-13-16-19-22-25-28-31-32-33-34-35-36-38-40-43-46-49-52-55-58-61-67(70)73-64-65(63-72-66(69)60-57-54-51-48-45-42-39-30-27-24-21-18-15-12-9-6-3)74-68(71)62-59-56-53-50-47-44-41-37-29-26-23-20-17-14-11-8-5-2/h7-8,10-11,16-17,19-21,24-26,28-30,32-33,39,65H,4-6,9,12-15,18,22-23,27,31,34-38,40-64H2,1-3H3/b10-7-,11-8-,19-16-,20-17-,24-21-,28-25-,29-26-,33-32-,39-30-. The fourth-order valence-corrected chi connectivity index (χ4v) is 8.42. The smallest absolute Gasteiger partial charge is 0.306 e. The summed E-state index contributed by atoms with van der Waals surface area (Å²) < 4.78 is 16.9. The largest absolute Gasteiger partial charge is 0.462 e. The van der Waals surface area contributed by atoms with Crippen molar-refractivity contribution in [3.63, 3.8) is 0 Å². The highest BCUT2D eigenvalue weighted by atomic mass is 16.6. The Hall–Kier alpha value is -3.93. The normalized spacial score (nSPS) is 12.9. The van der Waals surface area contributed by atoms with Crippen LogP contribution in [0.2, 0.25) is 0 Å². The van der Waals surface area contributed by atoms with Gasteiger partial charge in [0.05, 0.1) is 0 Å². The van der Waals surface area contributed by atoms with Gasteiger partial charge in [-0.25, -0.2) is 0 Å². The Labute approximate surface area is 457 Å². The quantitative estimate of drug-likeness (QED) is 0.0261. The molecule has 0 aromatic heterocycles. The second kappa shape index (κ2) is 61.6. The molecular weight excluding hydrogens is 913 g/mol. The molecule has 0 saturated heterocycles. The minimum atomic E-state index is -0.794. The molecular formula is C68H114O6. The molecule has 0 aliphatic carbocycles. The molecule has 0 bridgehead atoms. The van der Waals surface area contributed by atoms with Crippen molar-refractivity contribution in [2.75, 3.05) is 13.2 Å². The molecule has 0 spiro atoms.